The van der Waals surface area contributed by atoms with Crippen molar-refractivity contribution in [1.29, 1.82) is 0 Å². The molecule has 1 aliphatic heterocycles. The summed E-state index contributed by atoms with van der Waals surface area (Å²) in [5.74, 6) is -7.66. The molecule has 0 aliphatic carbocycles. The van der Waals surface area contributed by atoms with E-state index in [0.29, 0.717) is 48.9 Å². The van der Waals surface area contributed by atoms with Gasteiger partial charge in [-0.15, -0.1) is 5.48 Å². The van der Waals surface area contributed by atoms with Gasteiger partial charge in [0.15, 0.2) is 5.96 Å². The van der Waals surface area contributed by atoms with Gasteiger partial charge in [-0.05, 0) is 68.6 Å². The van der Waals surface area contributed by atoms with Gasteiger partial charge in [0.2, 0.25) is 53.2 Å². The molecule has 27 nitrogen and oxygen atoms in total. The van der Waals surface area contributed by atoms with Crippen molar-refractivity contribution in [3.05, 3.63) is 90.1 Å². The number of nitrogens with one attached hydrogen (secondary N) is 11. The molecule has 82 heavy (non-hydrogen) atoms. The molecule has 0 unspecified atom stereocenters. The maximum Gasteiger partial charge on any atom is 0.324 e. The number of benzene rings is 2. The van der Waals surface area contributed by atoms with Gasteiger partial charge >= 0.3 is 5.97 Å². The number of para-hydroxylation sites is 1. The van der Waals surface area contributed by atoms with E-state index in [9.17, 15) is 47.9 Å². The quantitative estimate of drug-likeness (QED) is 0.0342. The predicted octanol–water partition coefficient (Wildman–Crippen LogP) is -1.03. The Morgan fingerprint density at radius 1 is 0.744 bits per heavy atom. The van der Waals surface area contributed by atoms with Crippen LogP contribution in [0.15, 0.2) is 78.3 Å². The first kappa shape index (κ1) is 63.9. The number of hydrogen-bond donors (Lipinski definition) is 14. The third-order valence-electron chi connectivity index (χ3n) is 13.4. The zero-order chi connectivity index (χ0) is 59.4. The summed E-state index contributed by atoms with van der Waals surface area (Å²) in [5, 5.41) is 22.6. The van der Waals surface area contributed by atoms with Crippen molar-refractivity contribution in [2.24, 2.45) is 22.2 Å². The Kier molecular flexibility index (Phi) is 26.2. The number of nitrogens with two attached hydrogens (primary N) is 3. The number of aromatic nitrogens is 3. The fourth-order valence-corrected chi connectivity index (χ4v) is 9.02. The van der Waals surface area contributed by atoms with E-state index in [0.717, 1.165) is 10.9 Å². The summed E-state index contributed by atoms with van der Waals surface area (Å²) in [6.45, 7) is 3.32. The number of H-pyrrole nitrogens is 2. The number of imidazole rings is 1. The maximum atomic E-state index is 14.8. The molecule has 27 heteroatoms. The number of amides is 9. The van der Waals surface area contributed by atoms with Crippen molar-refractivity contribution >= 4 is 76.0 Å². The van der Waals surface area contributed by atoms with Gasteiger partial charge in [0.05, 0.1) is 12.7 Å². The number of hydrogen-bond acceptors (Lipinski definition) is 14. The first-order chi connectivity index (χ1) is 39.4. The molecule has 2 aromatic carbocycles. The molecule has 1 saturated heterocycles. The zero-order valence-electron chi connectivity index (χ0n) is 46.3. The Balaban J connectivity index is 1.52. The van der Waals surface area contributed by atoms with Crippen LogP contribution in [0.1, 0.15) is 108 Å². The molecule has 4 aromatic rings. The van der Waals surface area contributed by atoms with E-state index in [2.05, 4.69) is 68.0 Å². The van der Waals surface area contributed by atoms with Gasteiger partial charge in [0.1, 0.15) is 42.3 Å². The van der Waals surface area contributed by atoms with Crippen molar-refractivity contribution < 1.29 is 52.8 Å². The Labute approximate surface area is 474 Å². The lowest BCUT2D eigenvalue weighted by Crippen LogP contribution is -2.60. The maximum absolute atomic E-state index is 14.8. The summed E-state index contributed by atoms with van der Waals surface area (Å²) < 4.78 is 0. The van der Waals surface area contributed by atoms with E-state index in [-0.39, 0.29) is 83.4 Å². The van der Waals surface area contributed by atoms with Crippen molar-refractivity contribution in [2.45, 2.75) is 152 Å². The lowest BCUT2D eigenvalue weighted by molar-refractivity contribution is -0.154. The number of nitrogens with zero attached hydrogens (tertiary/aromatic N) is 2. The molecule has 1 fully saturated rings. The van der Waals surface area contributed by atoms with E-state index < -0.39 is 108 Å². The van der Waals surface area contributed by atoms with Crippen LogP contribution in [0, 0.1) is 0 Å². The Hall–Kier alpha value is -8.88. The van der Waals surface area contributed by atoms with E-state index in [1.54, 1.807) is 36.5 Å². The molecule has 0 spiro atoms. The molecule has 3 heterocycles. The van der Waals surface area contributed by atoms with Crippen molar-refractivity contribution in [1.82, 2.24) is 63.0 Å². The second-order valence-corrected chi connectivity index (χ2v) is 20.0. The molecule has 0 bridgehead atoms. The molecule has 0 saturated carbocycles. The molecule has 7 atom stereocenters. The topological polar surface area (TPSA) is 423 Å². The summed E-state index contributed by atoms with van der Waals surface area (Å²) in [7, 11) is 0. The van der Waals surface area contributed by atoms with Gasteiger partial charge in [-0.25, -0.2) is 4.98 Å². The highest BCUT2D eigenvalue weighted by Crippen LogP contribution is 2.20. The minimum absolute atomic E-state index is 0.00929. The third-order valence-corrected chi connectivity index (χ3v) is 13.4. The van der Waals surface area contributed by atoms with Crippen molar-refractivity contribution in [3.8, 4) is 0 Å². The van der Waals surface area contributed by atoms with Crippen LogP contribution in [-0.4, -0.2) is 142 Å². The normalized spacial score (nSPS) is 21.4. The molecule has 444 valence electrons. The van der Waals surface area contributed by atoms with Gasteiger partial charge in [0.25, 0.3) is 0 Å². The van der Waals surface area contributed by atoms with Crippen LogP contribution in [-0.2, 0) is 72.0 Å². The second kappa shape index (κ2) is 33.6. The predicted molar refractivity (Wildman–Crippen MR) is 302 cm³/mol. The lowest BCUT2D eigenvalue weighted by Gasteiger charge is -2.28. The van der Waals surface area contributed by atoms with E-state index in [4.69, 9.17) is 22.0 Å². The number of fused-ring (bicyclic) bond motifs is 1. The third kappa shape index (κ3) is 22.0. The van der Waals surface area contributed by atoms with Crippen LogP contribution in [0.4, 0.5) is 0 Å². The largest absolute Gasteiger partial charge is 0.370 e. The zero-order valence-corrected chi connectivity index (χ0v) is 46.3. The number of carbonyl (C=O) groups excluding carboxylic acids is 10. The molecule has 0 radical (unpaired) electrons. The Bertz CT molecular complexity index is 2800. The van der Waals surface area contributed by atoms with Gasteiger partial charge in [0, 0.05) is 81.2 Å². The van der Waals surface area contributed by atoms with E-state index in [1.165, 1.54) is 19.4 Å². The van der Waals surface area contributed by atoms with E-state index >= 15 is 0 Å². The minimum Gasteiger partial charge on any atom is -0.370 e. The number of guanidine groups is 1. The first-order valence-corrected chi connectivity index (χ1v) is 27.6. The van der Waals surface area contributed by atoms with Crippen LogP contribution >= 0.6 is 0 Å². The number of aliphatic imine (C=N–C) groups is 1. The van der Waals surface area contributed by atoms with Crippen molar-refractivity contribution in [3.63, 3.8) is 0 Å². The van der Waals surface area contributed by atoms with Gasteiger partial charge in [-0.1, -0.05) is 68.3 Å². The van der Waals surface area contributed by atoms with Crippen LogP contribution < -0.4 is 65.2 Å². The summed E-state index contributed by atoms with van der Waals surface area (Å²) >= 11 is 0. The number of rotatable bonds is 17. The number of carbonyl (C=O) groups is 10. The number of hydroxylamine groups is 1. The number of aromatic amines is 2. The number of primary amides is 1. The van der Waals surface area contributed by atoms with Crippen LogP contribution in [0.25, 0.3) is 10.9 Å². The molecule has 2 aromatic heterocycles. The lowest BCUT2D eigenvalue weighted by atomic mass is 10.0. The van der Waals surface area contributed by atoms with Crippen LogP contribution in [0.3, 0.4) is 0 Å². The molecule has 5 rings (SSSR count). The van der Waals surface area contributed by atoms with Crippen LogP contribution in [0.5, 0.6) is 0 Å². The van der Waals surface area contributed by atoms with Gasteiger partial charge < -0.3 is 74.5 Å². The molecule has 17 N–H and O–H groups in total. The molecular formula is C55H78N16O11. The highest BCUT2D eigenvalue weighted by Gasteiger charge is 2.35. The summed E-state index contributed by atoms with van der Waals surface area (Å²) in [6, 6.07) is 6.84. The highest BCUT2D eigenvalue weighted by molar-refractivity contribution is 5.98. The summed E-state index contributed by atoms with van der Waals surface area (Å²) in [6.07, 6.45) is 6.26. The monoisotopic (exact) mass is 1140 g/mol. The standard InChI is InChI=1S/C55H78N16O11/c1-3-4-18-40(65-33(2)72)50(77)70-45-29-46(73)60-23-12-10-20-39(48(56)75)71-82-47(74)22-11-13-24-61-49(76)43(27-35-30-63-38-19-9-8-17-37(35)38)68-51(78)41(21-14-25-62-55(57)58)66-52(79)42(26-34-15-6-5-7-16-34)67-53(80)44(69-54(45)81)28-36-31-59-32-64-36/h5-9,15-17,19,30-32,39-45,63,71H,3-4,10-14,18,20-29H2,1-2H3,(H2,56,75)(H,59,64)(H,60,73)(H,61,76)(H,65,72)(H,66,79)(H,67,80)(H,68,78)(H,69,81)(H,70,77)(H4,57,58,62)/t39-,40-,41-,42+,43-,44-,45-/m0/s1. The summed E-state index contributed by atoms with van der Waals surface area (Å²) in [5.41, 5.74) is 21.7. The molecular weight excluding hydrogens is 1060 g/mol. The summed E-state index contributed by atoms with van der Waals surface area (Å²) in [4.78, 5) is 157. The minimum atomic E-state index is -1.62. The van der Waals surface area contributed by atoms with Crippen molar-refractivity contribution in [2.75, 3.05) is 19.6 Å². The fourth-order valence-electron chi connectivity index (χ4n) is 9.02. The van der Waals surface area contributed by atoms with Crippen LogP contribution in [0.2, 0.25) is 0 Å². The Morgan fingerprint density at radius 2 is 1.40 bits per heavy atom. The average Bonchev–Trinajstić information content (AvgIpc) is 4.15. The van der Waals surface area contributed by atoms with E-state index in [1.807, 2.05) is 31.2 Å². The fraction of sp³-hybridized carbons (Fsp3) is 0.491. The van der Waals surface area contributed by atoms with Gasteiger partial charge in [-0.3, -0.25) is 52.9 Å². The van der Waals surface area contributed by atoms with Gasteiger partial charge in [-0.2, -0.15) is 0 Å². The Morgan fingerprint density at radius 3 is 2.10 bits per heavy atom. The number of unbranched alkanes of at least 4 members (excludes halogenated alkanes) is 1. The highest BCUT2D eigenvalue weighted by atomic mass is 16.7. The molecule has 1 aliphatic rings. The second-order valence-electron chi connectivity index (χ2n) is 20.0. The smallest absolute Gasteiger partial charge is 0.324 e. The molecule has 9 amide bonds. The first-order valence-electron chi connectivity index (χ1n) is 27.6. The SMILES string of the molecule is CCCC[C@H](NC(C)=O)C(=O)N[C@H]1CC(=O)NCCCC[C@@H](C(N)=O)NOC(=O)CCCCNC(=O)[C@H](Cc2c[nH]c3ccccc23)NC(=O)[C@H](CCCN=C(N)N)NC(=O)[C@@H](Cc2ccccc2)NC(=O)[C@H](Cc2cnc[nH]2)NC1=O. The average molecular weight is 1140 g/mol.